The fourth-order valence-electron chi connectivity index (χ4n) is 4.65. The van der Waals surface area contributed by atoms with Crippen molar-refractivity contribution < 1.29 is 4.57 Å². The van der Waals surface area contributed by atoms with E-state index in [4.69, 9.17) is 0 Å². The number of allylic oxidation sites excluding steroid dienone is 5. The smallest absolute Gasteiger partial charge is 0.240 e. The number of para-hydroxylation sites is 1. The first-order valence-corrected chi connectivity index (χ1v) is 13.2. The Kier molecular flexibility index (Phi) is 8.55. The Labute approximate surface area is 228 Å². The van der Waals surface area contributed by atoms with Crippen molar-refractivity contribution in [1.29, 1.82) is 0 Å². The molecule has 2 nitrogen and oxygen atoms in total. The minimum absolute atomic E-state index is 0.890. The number of nitrogens with one attached hydrogen (secondary N) is 1. The molecule has 0 aliphatic rings. The van der Waals surface area contributed by atoms with Gasteiger partial charge in [0.15, 0.2) is 0 Å². The van der Waals surface area contributed by atoms with E-state index in [2.05, 4.69) is 128 Å². The lowest BCUT2D eigenvalue weighted by atomic mass is 9.86. The van der Waals surface area contributed by atoms with E-state index < -0.39 is 0 Å². The van der Waals surface area contributed by atoms with Crippen molar-refractivity contribution in [3.8, 4) is 11.1 Å². The van der Waals surface area contributed by atoms with Crippen LogP contribution >= 0.6 is 0 Å². The summed E-state index contributed by atoms with van der Waals surface area (Å²) in [6.07, 6.45) is 8.53. The number of hydrogen-bond acceptors (Lipinski definition) is 1. The molecule has 0 fully saturated rings. The SMILES string of the molecule is C=C(/C=C\CCC)c1ccccc1-c1ccccc1C(=C)C(=C)c1cccc(C)c1Nc1cccc[n+]1C. The zero-order valence-corrected chi connectivity index (χ0v) is 22.8. The first-order chi connectivity index (χ1) is 18.4. The lowest BCUT2D eigenvalue weighted by Crippen LogP contribution is -2.30. The molecule has 3 aromatic carbocycles. The average Bonchev–Trinajstić information content (AvgIpc) is 2.94. The molecule has 0 bridgehead atoms. The third-order valence-electron chi connectivity index (χ3n) is 6.86. The molecule has 1 aromatic heterocycles. The van der Waals surface area contributed by atoms with Crippen molar-refractivity contribution >= 4 is 28.2 Å². The van der Waals surface area contributed by atoms with Gasteiger partial charge in [0.2, 0.25) is 0 Å². The van der Waals surface area contributed by atoms with Crippen LogP contribution in [-0.4, -0.2) is 0 Å². The van der Waals surface area contributed by atoms with Crippen LogP contribution in [-0.2, 0) is 7.05 Å². The van der Waals surface area contributed by atoms with E-state index in [1.54, 1.807) is 0 Å². The number of benzene rings is 3. The van der Waals surface area contributed by atoms with Gasteiger partial charge in [-0.15, -0.1) is 0 Å². The third-order valence-corrected chi connectivity index (χ3v) is 6.86. The van der Waals surface area contributed by atoms with Gasteiger partial charge < -0.3 is 0 Å². The number of pyridine rings is 1. The molecule has 0 spiro atoms. The maximum absolute atomic E-state index is 4.55. The van der Waals surface area contributed by atoms with Gasteiger partial charge in [-0.2, -0.15) is 0 Å². The summed E-state index contributed by atoms with van der Waals surface area (Å²) in [5.74, 6) is 1.01. The largest absolute Gasteiger partial charge is 0.279 e. The number of aromatic nitrogens is 1. The van der Waals surface area contributed by atoms with Gasteiger partial charge in [0.25, 0.3) is 5.82 Å². The number of hydrogen-bond donors (Lipinski definition) is 1. The third kappa shape index (κ3) is 5.76. The zero-order chi connectivity index (χ0) is 27.1. The Balaban J connectivity index is 1.74. The van der Waals surface area contributed by atoms with Crippen LogP contribution in [0.5, 0.6) is 0 Å². The van der Waals surface area contributed by atoms with E-state index in [1.807, 2.05) is 25.4 Å². The molecule has 0 amide bonds. The molecule has 0 radical (unpaired) electrons. The molecule has 38 heavy (non-hydrogen) atoms. The second kappa shape index (κ2) is 12.2. The van der Waals surface area contributed by atoms with Crippen molar-refractivity contribution in [2.24, 2.45) is 7.05 Å². The molecule has 2 heteroatoms. The highest BCUT2D eigenvalue weighted by Crippen LogP contribution is 2.40. The van der Waals surface area contributed by atoms with Gasteiger partial charge in [-0.3, -0.25) is 0 Å². The predicted octanol–water partition coefficient (Wildman–Crippen LogP) is 9.33. The number of aryl methyl sites for hydroxylation is 2. The Hall–Kier alpha value is -4.43. The van der Waals surface area contributed by atoms with E-state index >= 15 is 0 Å². The minimum Gasteiger partial charge on any atom is -0.240 e. The quantitative estimate of drug-likeness (QED) is 0.170. The average molecular weight is 498 g/mol. The summed E-state index contributed by atoms with van der Waals surface area (Å²) in [5.41, 5.74) is 10.5. The normalized spacial score (nSPS) is 10.9. The van der Waals surface area contributed by atoms with Crippen LogP contribution in [0, 0.1) is 6.92 Å². The topological polar surface area (TPSA) is 15.9 Å². The Bertz CT molecular complexity index is 1520. The lowest BCUT2D eigenvalue weighted by Gasteiger charge is -2.19. The maximum Gasteiger partial charge on any atom is 0.279 e. The summed E-state index contributed by atoms with van der Waals surface area (Å²) in [4.78, 5) is 0. The van der Waals surface area contributed by atoms with Crippen molar-refractivity contribution in [3.63, 3.8) is 0 Å². The van der Waals surface area contributed by atoms with Crippen molar-refractivity contribution in [1.82, 2.24) is 0 Å². The van der Waals surface area contributed by atoms with Crippen LogP contribution in [0.1, 0.15) is 42.0 Å². The molecule has 4 aromatic rings. The molecule has 0 unspecified atom stereocenters. The van der Waals surface area contributed by atoms with Gasteiger partial charge in [-0.05, 0) is 63.9 Å². The first-order valence-electron chi connectivity index (χ1n) is 13.2. The molecule has 0 aliphatic carbocycles. The molecule has 190 valence electrons. The molecule has 0 saturated heterocycles. The van der Waals surface area contributed by atoms with E-state index in [0.717, 1.165) is 74.4 Å². The van der Waals surface area contributed by atoms with Gasteiger partial charge >= 0.3 is 0 Å². The highest BCUT2D eigenvalue weighted by atomic mass is 15.1. The second-order valence-electron chi connectivity index (χ2n) is 9.58. The summed E-state index contributed by atoms with van der Waals surface area (Å²) in [5, 5.41) is 3.63. The first kappa shape index (κ1) is 26.6. The van der Waals surface area contributed by atoms with Gasteiger partial charge in [-0.25, -0.2) is 9.88 Å². The summed E-state index contributed by atoms with van der Waals surface area (Å²) in [6, 6.07) is 29.3. The highest BCUT2D eigenvalue weighted by Gasteiger charge is 2.19. The van der Waals surface area contributed by atoms with E-state index in [9.17, 15) is 0 Å². The lowest BCUT2D eigenvalue weighted by molar-refractivity contribution is -0.657. The van der Waals surface area contributed by atoms with Crippen LogP contribution in [0.2, 0.25) is 0 Å². The summed E-state index contributed by atoms with van der Waals surface area (Å²) >= 11 is 0. The Morgan fingerprint density at radius 1 is 0.763 bits per heavy atom. The summed E-state index contributed by atoms with van der Waals surface area (Å²) in [7, 11) is 2.03. The molecule has 4 rings (SSSR count). The van der Waals surface area contributed by atoms with Gasteiger partial charge in [0.05, 0.1) is 13.2 Å². The van der Waals surface area contributed by atoms with Crippen LogP contribution in [0.25, 0.3) is 27.8 Å². The summed E-state index contributed by atoms with van der Waals surface area (Å²) in [6.45, 7) is 17.8. The highest BCUT2D eigenvalue weighted by molar-refractivity contribution is 6.09. The van der Waals surface area contributed by atoms with Crippen molar-refractivity contribution in [2.45, 2.75) is 26.7 Å². The van der Waals surface area contributed by atoms with Crippen molar-refractivity contribution in [3.05, 3.63) is 145 Å². The van der Waals surface area contributed by atoms with Crippen LogP contribution in [0.4, 0.5) is 11.5 Å². The van der Waals surface area contributed by atoms with Gasteiger partial charge in [0.1, 0.15) is 5.69 Å². The van der Waals surface area contributed by atoms with Crippen LogP contribution in [0.15, 0.2) is 123 Å². The standard InChI is InChI=1S/C36H36N2/c1-7-8-9-17-26(2)30-19-10-12-21-33(30)34-22-13-11-20-31(34)28(4)29(5)32-23-16-18-27(3)36(32)37-35-24-14-15-25-38(35)6/h9-25H,2,4-5,7-8H2,1,3,6H3/p+1/b17-9-. The van der Waals surface area contributed by atoms with Crippen molar-refractivity contribution in [2.75, 3.05) is 5.32 Å². The number of rotatable bonds is 10. The number of anilines is 2. The fourth-order valence-corrected chi connectivity index (χ4v) is 4.65. The molecular weight excluding hydrogens is 460 g/mol. The molecule has 0 aliphatic heterocycles. The van der Waals surface area contributed by atoms with E-state index in [-0.39, 0.29) is 0 Å². The predicted molar refractivity (Wildman–Crippen MR) is 165 cm³/mol. The van der Waals surface area contributed by atoms with Gasteiger partial charge in [-0.1, -0.05) is 118 Å². The monoisotopic (exact) mass is 497 g/mol. The summed E-state index contributed by atoms with van der Waals surface area (Å²) < 4.78 is 2.07. The number of nitrogens with zero attached hydrogens (tertiary/aromatic N) is 1. The van der Waals surface area contributed by atoms with Crippen LogP contribution < -0.4 is 9.88 Å². The molecular formula is C36H37N2+. The zero-order valence-electron chi connectivity index (χ0n) is 22.8. The molecule has 1 heterocycles. The fraction of sp³-hybridized carbons (Fsp3) is 0.139. The minimum atomic E-state index is 0.890. The molecule has 0 saturated carbocycles. The second-order valence-corrected chi connectivity index (χ2v) is 9.58. The van der Waals surface area contributed by atoms with E-state index in [1.165, 1.54) is 0 Å². The van der Waals surface area contributed by atoms with Gasteiger partial charge in [0, 0.05) is 11.6 Å². The maximum atomic E-state index is 4.55. The van der Waals surface area contributed by atoms with E-state index in [0.29, 0.717) is 0 Å². The molecule has 0 atom stereocenters. The Morgan fingerprint density at radius 2 is 1.37 bits per heavy atom. The Morgan fingerprint density at radius 3 is 2.08 bits per heavy atom. The number of unbranched alkanes of at least 4 members (excludes halogenated alkanes) is 1. The van der Waals surface area contributed by atoms with Crippen LogP contribution in [0.3, 0.4) is 0 Å². The molecule has 1 N–H and O–H groups in total.